The normalized spacial score (nSPS) is 10.7. The Morgan fingerprint density at radius 2 is 2.27 bits per heavy atom. The van der Waals surface area contributed by atoms with Crippen LogP contribution in [0.1, 0.15) is 17.0 Å². The summed E-state index contributed by atoms with van der Waals surface area (Å²) in [6.45, 7) is 7.09. The molecular formula is C7H10N4. The molecule has 1 rings (SSSR count). The van der Waals surface area contributed by atoms with Gasteiger partial charge in [0.05, 0.1) is 11.9 Å². The minimum absolute atomic E-state index is 0.926. The molecule has 0 saturated carbocycles. The number of aromatic amines is 1. The van der Waals surface area contributed by atoms with Crippen LogP contribution in [0, 0.1) is 13.8 Å². The highest BCUT2D eigenvalue weighted by Gasteiger charge is 2.01. The molecular weight excluding hydrogens is 140 g/mol. The predicted octanol–water partition coefficient (Wildman–Crippen LogP) is 1.06. The third-order valence-electron chi connectivity index (χ3n) is 1.45. The fourth-order valence-corrected chi connectivity index (χ4v) is 0.848. The van der Waals surface area contributed by atoms with Crippen LogP contribution < -0.4 is 0 Å². The Hall–Kier alpha value is -1.45. The molecule has 4 heteroatoms. The first kappa shape index (κ1) is 7.65. The summed E-state index contributed by atoms with van der Waals surface area (Å²) in [7, 11) is 0. The van der Waals surface area contributed by atoms with E-state index in [0.29, 0.717) is 0 Å². The van der Waals surface area contributed by atoms with Crippen molar-refractivity contribution >= 4 is 12.9 Å². The number of aromatic nitrogens is 2. The van der Waals surface area contributed by atoms with Crippen LogP contribution in [0.5, 0.6) is 0 Å². The molecule has 0 radical (unpaired) electrons. The molecule has 0 spiro atoms. The molecule has 0 amide bonds. The number of H-pyrrole nitrogens is 1. The van der Waals surface area contributed by atoms with Crippen molar-refractivity contribution in [1.29, 1.82) is 0 Å². The highest BCUT2D eigenvalue weighted by Crippen LogP contribution is 2.05. The fourth-order valence-electron chi connectivity index (χ4n) is 0.848. The second kappa shape index (κ2) is 3.09. The molecule has 1 heterocycles. The molecule has 0 aliphatic rings. The molecule has 0 saturated heterocycles. The van der Waals surface area contributed by atoms with Crippen LogP contribution in [-0.4, -0.2) is 23.1 Å². The first-order valence-corrected chi connectivity index (χ1v) is 3.26. The molecule has 4 nitrogen and oxygen atoms in total. The van der Waals surface area contributed by atoms with Crippen LogP contribution in [0.3, 0.4) is 0 Å². The van der Waals surface area contributed by atoms with Gasteiger partial charge in [-0.3, -0.25) is 5.10 Å². The van der Waals surface area contributed by atoms with Gasteiger partial charge in [-0.25, -0.2) is 0 Å². The summed E-state index contributed by atoms with van der Waals surface area (Å²) in [5, 5.41) is 13.9. The predicted molar refractivity (Wildman–Crippen MR) is 45.2 cm³/mol. The average molecular weight is 150 g/mol. The minimum Gasteiger partial charge on any atom is -0.282 e. The maximum Gasteiger partial charge on any atom is 0.0682 e. The van der Waals surface area contributed by atoms with Gasteiger partial charge < -0.3 is 0 Å². The first-order valence-electron chi connectivity index (χ1n) is 3.26. The van der Waals surface area contributed by atoms with Crippen molar-refractivity contribution in [3.63, 3.8) is 0 Å². The zero-order valence-electron chi connectivity index (χ0n) is 6.63. The molecule has 0 atom stereocenters. The highest BCUT2D eigenvalue weighted by molar-refractivity contribution is 5.82. The van der Waals surface area contributed by atoms with E-state index in [1.165, 1.54) is 0 Å². The number of hydrogen-bond donors (Lipinski definition) is 1. The molecule has 11 heavy (non-hydrogen) atoms. The average Bonchev–Trinajstić information content (AvgIpc) is 2.29. The lowest BCUT2D eigenvalue weighted by molar-refractivity contribution is 1.02. The molecule has 0 fully saturated rings. The molecule has 0 unspecified atom stereocenters. The van der Waals surface area contributed by atoms with Crippen molar-refractivity contribution in [2.75, 3.05) is 0 Å². The van der Waals surface area contributed by atoms with Crippen molar-refractivity contribution in [3.05, 3.63) is 17.0 Å². The summed E-state index contributed by atoms with van der Waals surface area (Å²) in [6.07, 6.45) is 1.64. The maximum absolute atomic E-state index is 3.99. The Morgan fingerprint density at radius 3 is 2.73 bits per heavy atom. The molecule has 0 bridgehead atoms. The minimum atomic E-state index is 0.926. The zero-order chi connectivity index (χ0) is 8.27. The number of aryl methyl sites for hydroxylation is 2. The van der Waals surface area contributed by atoms with E-state index in [0.717, 1.165) is 17.0 Å². The largest absolute Gasteiger partial charge is 0.282 e. The number of nitrogens with one attached hydrogen (secondary N) is 1. The van der Waals surface area contributed by atoms with E-state index in [-0.39, 0.29) is 0 Å². The van der Waals surface area contributed by atoms with Crippen molar-refractivity contribution < 1.29 is 0 Å². The smallest absolute Gasteiger partial charge is 0.0682 e. The summed E-state index contributed by atoms with van der Waals surface area (Å²) in [5.41, 5.74) is 2.90. The van der Waals surface area contributed by atoms with E-state index in [1.807, 2.05) is 13.8 Å². The second-order valence-electron chi connectivity index (χ2n) is 2.23. The van der Waals surface area contributed by atoms with Gasteiger partial charge in [0.25, 0.3) is 0 Å². The van der Waals surface area contributed by atoms with Gasteiger partial charge in [0.2, 0.25) is 0 Å². The Morgan fingerprint density at radius 1 is 1.55 bits per heavy atom. The van der Waals surface area contributed by atoms with Crippen molar-refractivity contribution in [2.24, 2.45) is 10.2 Å². The van der Waals surface area contributed by atoms with Crippen LogP contribution in [0.25, 0.3) is 0 Å². The summed E-state index contributed by atoms with van der Waals surface area (Å²) in [4.78, 5) is 0. The summed E-state index contributed by atoms with van der Waals surface area (Å²) in [6, 6.07) is 0. The Bertz CT molecular complexity index is 265. The van der Waals surface area contributed by atoms with E-state index in [4.69, 9.17) is 0 Å². The van der Waals surface area contributed by atoms with E-state index in [9.17, 15) is 0 Å². The molecule has 0 aromatic carbocycles. The van der Waals surface area contributed by atoms with Crippen LogP contribution in [0.4, 0.5) is 0 Å². The van der Waals surface area contributed by atoms with Gasteiger partial charge in [0.15, 0.2) is 0 Å². The maximum atomic E-state index is 3.99. The van der Waals surface area contributed by atoms with E-state index in [2.05, 4.69) is 27.1 Å². The molecule has 1 aromatic rings. The van der Waals surface area contributed by atoms with E-state index >= 15 is 0 Å². The second-order valence-corrected chi connectivity index (χ2v) is 2.23. The van der Waals surface area contributed by atoms with Crippen LogP contribution in [0.15, 0.2) is 10.2 Å². The summed E-state index contributed by atoms with van der Waals surface area (Å²) in [5.74, 6) is 0. The van der Waals surface area contributed by atoms with Crippen LogP contribution >= 0.6 is 0 Å². The summed E-state index contributed by atoms with van der Waals surface area (Å²) < 4.78 is 0. The Kier molecular flexibility index (Phi) is 2.15. The zero-order valence-corrected chi connectivity index (χ0v) is 6.63. The monoisotopic (exact) mass is 150 g/mol. The Balaban J connectivity index is 3.00. The molecule has 1 aromatic heterocycles. The van der Waals surface area contributed by atoms with Gasteiger partial charge in [-0.05, 0) is 13.8 Å². The lowest BCUT2D eigenvalue weighted by Gasteiger charge is -1.87. The van der Waals surface area contributed by atoms with Gasteiger partial charge in [-0.2, -0.15) is 15.3 Å². The lowest BCUT2D eigenvalue weighted by atomic mass is 10.2. The van der Waals surface area contributed by atoms with E-state index in [1.54, 1.807) is 6.21 Å². The third kappa shape index (κ3) is 1.52. The molecule has 58 valence electrons. The first-order chi connectivity index (χ1) is 5.25. The Labute approximate surface area is 65.0 Å². The third-order valence-corrected chi connectivity index (χ3v) is 1.45. The highest BCUT2D eigenvalue weighted by atomic mass is 15.2. The topological polar surface area (TPSA) is 53.4 Å². The number of rotatable bonds is 2. The van der Waals surface area contributed by atoms with Crippen LogP contribution in [-0.2, 0) is 0 Å². The number of hydrogen-bond acceptors (Lipinski definition) is 3. The van der Waals surface area contributed by atoms with Crippen molar-refractivity contribution in [1.82, 2.24) is 10.2 Å². The fraction of sp³-hybridized carbons (Fsp3) is 0.286. The summed E-state index contributed by atoms with van der Waals surface area (Å²) >= 11 is 0. The lowest BCUT2D eigenvalue weighted by Crippen LogP contribution is -1.83. The SMILES string of the molecule is C=N/N=C/c1c(C)n[nH]c1C. The quantitative estimate of drug-likeness (QED) is 0.497. The van der Waals surface area contributed by atoms with Gasteiger partial charge in [0.1, 0.15) is 0 Å². The number of nitrogens with zero attached hydrogens (tertiary/aromatic N) is 3. The standard InChI is InChI=1S/C7H10N4/c1-5-7(4-9-8-3)6(2)11-10-5/h4H,3H2,1-2H3,(H,10,11)/b9-4+. The molecule has 0 aliphatic heterocycles. The van der Waals surface area contributed by atoms with Gasteiger partial charge in [-0.15, -0.1) is 0 Å². The van der Waals surface area contributed by atoms with Crippen molar-refractivity contribution in [2.45, 2.75) is 13.8 Å². The van der Waals surface area contributed by atoms with Gasteiger partial charge in [0, 0.05) is 18.0 Å². The molecule has 1 N–H and O–H groups in total. The van der Waals surface area contributed by atoms with Gasteiger partial charge >= 0.3 is 0 Å². The van der Waals surface area contributed by atoms with Crippen molar-refractivity contribution in [3.8, 4) is 0 Å². The van der Waals surface area contributed by atoms with E-state index < -0.39 is 0 Å². The molecule has 0 aliphatic carbocycles. The van der Waals surface area contributed by atoms with Crippen LogP contribution in [0.2, 0.25) is 0 Å². The van der Waals surface area contributed by atoms with Gasteiger partial charge in [-0.1, -0.05) is 0 Å².